The predicted octanol–water partition coefficient (Wildman–Crippen LogP) is 2.10. The first kappa shape index (κ1) is 9.74. The molecule has 15 heavy (non-hydrogen) atoms. The highest BCUT2D eigenvalue weighted by Gasteiger charge is 2.22. The topological polar surface area (TPSA) is 42.7 Å². The number of pyridine rings is 1. The van der Waals surface area contributed by atoms with Gasteiger partial charge in [0.2, 0.25) is 0 Å². The molecule has 3 rings (SSSR count). The van der Waals surface area contributed by atoms with Crippen LogP contribution < -0.4 is 5.32 Å². The molecule has 78 valence electrons. The lowest BCUT2D eigenvalue weighted by Gasteiger charge is -2.27. The smallest absolute Gasteiger partial charge is 0.159 e. The molecule has 0 spiro atoms. The molecule has 1 N–H and O–H groups in total. The van der Waals surface area contributed by atoms with Crippen LogP contribution in [-0.4, -0.2) is 27.9 Å². The molecule has 1 saturated heterocycles. The Labute approximate surface area is 103 Å². The van der Waals surface area contributed by atoms with E-state index in [1.54, 1.807) is 6.20 Å². The average Bonchev–Trinajstić information content (AvgIpc) is 2.54. The second-order valence-corrected chi connectivity index (χ2v) is 5.21. The summed E-state index contributed by atoms with van der Waals surface area (Å²) >= 11 is 6.96. The molecule has 0 amide bonds. The van der Waals surface area contributed by atoms with Crippen LogP contribution >= 0.6 is 31.9 Å². The summed E-state index contributed by atoms with van der Waals surface area (Å²) in [6, 6.07) is 0.447. The molecular weight excluding hydrogens is 324 g/mol. The number of fused-ring (bicyclic) bond motifs is 1. The van der Waals surface area contributed by atoms with Crippen molar-refractivity contribution in [2.45, 2.75) is 6.04 Å². The fraction of sp³-hybridized carbons (Fsp3) is 0.333. The van der Waals surface area contributed by atoms with Crippen LogP contribution in [0.5, 0.6) is 0 Å². The molecule has 0 atom stereocenters. The summed E-state index contributed by atoms with van der Waals surface area (Å²) < 4.78 is 3.97. The van der Waals surface area contributed by atoms with Gasteiger partial charge >= 0.3 is 0 Å². The zero-order valence-corrected chi connectivity index (χ0v) is 10.9. The summed E-state index contributed by atoms with van der Waals surface area (Å²) in [4.78, 5) is 4.40. The lowest BCUT2D eigenvalue weighted by molar-refractivity contribution is 0.325. The average molecular weight is 332 g/mol. The van der Waals surface area contributed by atoms with Crippen LogP contribution in [0.3, 0.4) is 0 Å². The van der Waals surface area contributed by atoms with Gasteiger partial charge in [-0.3, -0.25) is 0 Å². The van der Waals surface area contributed by atoms with E-state index in [-0.39, 0.29) is 0 Å². The molecule has 2 aromatic heterocycles. The molecule has 0 unspecified atom stereocenters. The maximum absolute atomic E-state index is 4.40. The van der Waals surface area contributed by atoms with Crippen LogP contribution in [-0.2, 0) is 0 Å². The summed E-state index contributed by atoms with van der Waals surface area (Å²) in [5.41, 5.74) is 0.941. The van der Waals surface area contributed by atoms with E-state index >= 15 is 0 Å². The second kappa shape index (κ2) is 3.54. The van der Waals surface area contributed by atoms with Crippen molar-refractivity contribution in [2.24, 2.45) is 0 Å². The molecule has 6 heteroatoms. The number of aromatic nitrogens is 3. The Bertz CT molecular complexity index is 518. The van der Waals surface area contributed by atoms with E-state index in [0.29, 0.717) is 6.04 Å². The van der Waals surface area contributed by atoms with E-state index in [2.05, 4.69) is 47.3 Å². The maximum Gasteiger partial charge on any atom is 0.159 e. The van der Waals surface area contributed by atoms with Crippen molar-refractivity contribution in [3.05, 3.63) is 21.3 Å². The molecule has 0 aromatic carbocycles. The van der Waals surface area contributed by atoms with E-state index in [1.165, 1.54) is 0 Å². The fourth-order valence-corrected chi connectivity index (χ4v) is 2.35. The lowest BCUT2D eigenvalue weighted by atomic mass is 10.2. The Kier molecular flexibility index (Phi) is 2.30. The SMILES string of the molecule is Brc1cnc2c(cnn2C2CNC2)c1Br. The molecule has 0 bridgehead atoms. The Hall–Kier alpha value is -0.460. The van der Waals surface area contributed by atoms with Crippen LogP contribution in [0.2, 0.25) is 0 Å². The lowest BCUT2D eigenvalue weighted by Crippen LogP contribution is -2.43. The molecule has 1 aliphatic rings. The van der Waals surface area contributed by atoms with E-state index < -0.39 is 0 Å². The number of nitrogens with zero attached hydrogens (tertiary/aromatic N) is 3. The second-order valence-electron chi connectivity index (χ2n) is 3.56. The highest BCUT2D eigenvalue weighted by molar-refractivity contribution is 9.13. The molecule has 0 radical (unpaired) electrons. The summed E-state index contributed by atoms with van der Waals surface area (Å²) in [6.07, 6.45) is 3.66. The van der Waals surface area contributed by atoms with Crippen LogP contribution in [0.15, 0.2) is 21.3 Å². The standard InChI is InChI=1S/C9H8Br2N4/c10-7-4-13-9-6(8(7)11)3-14-15(9)5-1-12-2-5/h3-5,12H,1-2H2. The molecule has 4 nitrogen and oxygen atoms in total. The maximum atomic E-state index is 4.40. The predicted molar refractivity (Wildman–Crippen MR) is 64.8 cm³/mol. The van der Waals surface area contributed by atoms with Gasteiger partial charge in [-0.1, -0.05) is 0 Å². The van der Waals surface area contributed by atoms with Crippen molar-refractivity contribution >= 4 is 42.9 Å². The van der Waals surface area contributed by atoms with Crippen molar-refractivity contribution in [3.63, 3.8) is 0 Å². The van der Waals surface area contributed by atoms with Gasteiger partial charge in [-0.05, 0) is 31.9 Å². The summed E-state index contributed by atoms with van der Waals surface area (Å²) in [6.45, 7) is 1.96. The molecule has 1 fully saturated rings. The van der Waals surface area contributed by atoms with E-state index in [9.17, 15) is 0 Å². The fourth-order valence-electron chi connectivity index (χ4n) is 1.66. The Balaban J connectivity index is 2.21. The normalized spacial score (nSPS) is 16.9. The van der Waals surface area contributed by atoms with Crippen LogP contribution in [0.25, 0.3) is 11.0 Å². The minimum absolute atomic E-state index is 0.447. The highest BCUT2D eigenvalue weighted by Crippen LogP contribution is 2.30. The molecule has 1 aliphatic heterocycles. The van der Waals surface area contributed by atoms with E-state index in [4.69, 9.17) is 0 Å². The third kappa shape index (κ3) is 1.43. The largest absolute Gasteiger partial charge is 0.312 e. The molecule has 0 aliphatic carbocycles. The number of hydrogen-bond acceptors (Lipinski definition) is 3. The van der Waals surface area contributed by atoms with Gasteiger partial charge in [0.15, 0.2) is 5.65 Å². The van der Waals surface area contributed by atoms with Crippen molar-refractivity contribution in [1.82, 2.24) is 20.1 Å². The first-order valence-corrected chi connectivity index (χ1v) is 6.24. The molecule has 3 heterocycles. The monoisotopic (exact) mass is 330 g/mol. The quantitative estimate of drug-likeness (QED) is 0.870. The summed E-state index contributed by atoms with van der Waals surface area (Å²) in [5, 5.41) is 8.67. The third-order valence-electron chi connectivity index (χ3n) is 2.62. The van der Waals surface area contributed by atoms with Crippen molar-refractivity contribution in [1.29, 1.82) is 0 Å². The van der Waals surface area contributed by atoms with Gasteiger partial charge in [0.05, 0.1) is 22.1 Å². The summed E-state index contributed by atoms with van der Waals surface area (Å²) in [5.74, 6) is 0. The number of hydrogen-bond donors (Lipinski definition) is 1. The minimum atomic E-state index is 0.447. The highest BCUT2D eigenvalue weighted by atomic mass is 79.9. The van der Waals surface area contributed by atoms with E-state index in [0.717, 1.165) is 33.1 Å². The van der Waals surface area contributed by atoms with Crippen molar-refractivity contribution in [2.75, 3.05) is 13.1 Å². The first-order valence-electron chi connectivity index (χ1n) is 4.65. The molecule has 2 aromatic rings. The molecule has 0 saturated carbocycles. The van der Waals surface area contributed by atoms with Gasteiger partial charge in [-0.15, -0.1) is 0 Å². The molecular formula is C9H8Br2N4. The van der Waals surface area contributed by atoms with Gasteiger partial charge in [0, 0.05) is 23.8 Å². The van der Waals surface area contributed by atoms with Gasteiger partial charge in [0.1, 0.15) is 0 Å². The van der Waals surface area contributed by atoms with Crippen LogP contribution in [0.4, 0.5) is 0 Å². The number of nitrogens with one attached hydrogen (secondary N) is 1. The minimum Gasteiger partial charge on any atom is -0.312 e. The zero-order chi connectivity index (χ0) is 10.4. The first-order chi connectivity index (χ1) is 7.27. The third-order valence-corrected chi connectivity index (χ3v) is 4.61. The number of halogens is 2. The Morgan fingerprint density at radius 2 is 2.13 bits per heavy atom. The number of rotatable bonds is 1. The zero-order valence-electron chi connectivity index (χ0n) is 7.74. The van der Waals surface area contributed by atoms with Crippen LogP contribution in [0, 0.1) is 0 Å². The van der Waals surface area contributed by atoms with Gasteiger partial charge in [0.25, 0.3) is 0 Å². The Morgan fingerprint density at radius 3 is 2.80 bits per heavy atom. The van der Waals surface area contributed by atoms with Crippen molar-refractivity contribution < 1.29 is 0 Å². The van der Waals surface area contributed by atoms with Crippen molar-refractivity contribution in [3.8, 4) is 0 Å². The van der Waals surface area contributed by atoms with Gasteiger partial charge in [-0.25, -0.2) is 9.67 Å². The van der Waals surface area contributed by atoms with E-state index in [1.807, 2.05) is 10.9 Å². The van der Waals surface area contributed by atoms with Crippen LogP contribution in [0.1, 0.15) is 6.04 Å². The van der Waals surface area contributed by atoms with Gasteiger partial charge < -0.3 is 5.32 Å². The van der Waals surface area contributed by atoms with Gasteiger partial charge in [-0.2, -0.15) is 5.10 Å². The Morgan fingerprint density at radius 1 is 1.33 bits per heavy atom. The summed E-state index contributed by atoms with van der Waals surface area (Å²) in [7, 11) is 0.